The molecule has 1 aliphatic rings. The fraction of sp³-hybridized carbons (Fsp3) is 0.241. The number of thiocarbonyl (C=S) groups is 1. The van der Waals surface area contributed by atoms with Gasteiger partial charge in [0, 0.05) is 23.3 Å². The molecule has 5 rings (SSSR count). The Labute approximate surface area is 207 Å². The van der Waals surface area contributed by atoms with E-state index in [1.807, 2.05) is 18.3 Å². The lowest BCUT2D eigenvalue weighted by Crippen LogP contribution is -2.29. The van der Waals surface area contributed by atoms with E-state index >= 15 is 0 Å². The van der Waals surface area contributed by atoms with Gasteiger partial charge >= 0.3 is 0 Å². The summed E-state index contributed by atoms with van der Waals surface area (Å²) in [6.45, 7) is 10.9. The highest BCUT2D eigenvalue weighted by Crippen LogP contribution is 2.44. The fourth-order valence-corrected chi connectivity index (χ4v) is 5.59. The lowest BCUT2D eigenvalue weighted by Gasteiger charge is -2.28. The van der Waals surface area contributed by atoms with Crippen LogP contribution in [0.2, 0.25) is 0 Å². The van der Waals surface area contributed by atoms with E-state index in [-0.39, 0.29) is 12.1 Å². The van der Waals surface area contributed by atoms with E-state index in [9.17, 15) is 0 Å². The SMILES string of the molecule is Cc1ccc(N2C(=S)N[C@@H](c3ccccn3)[C@@H]2c2cc(C)n(-c3c(C)cccc3C)c2C)cc1. The molecule has 1 fully saturated rings. The first-order valence-electron chi connectivity index (χ1n) is 11.7. The lowest BCUT2D eigenvalue weighted by atomic mass is 9.96. The van der Waals surface area contributed by atoms with Gasteiger partial charge in [0.25, 0.3) is 0 Å². The lowest BCUT2D eigenvalue weighted by molar-refractivity contribution is 0.565. The number of rotatable bonds is 4. The van der Waals surface area contributed by atoms with Crippen LogP contribution in [0, 0.1) is 34.6 Å². The molecule has 3 heterocycles. The zero-order valence-corrected chi connectivity index (χ0v) is 21.1. The number of benzene rings is 2. The van der Waals surface area contributed by atoms with Crippen molar-refractivity contribution < 1.29 is 0 Å². The van der Waals surface area contributed by atoms with E-state index in [0.717, 1.165) is 16.5 Å². The van der Waals surface area contributed by atoms with Crippen LogP contribution in [0.5, 0.6) is 0 Å². The first kappa shape index (κ1) is 22.4. The van der Waals surface area contributed by atoms with Gasteiger partial charge in [-0.2, -0.15) is 0 Å². The molecule has 34 heavy (non-hydrogen) atoms. The first-order valence-corrected chi connectivity index (χ1v) is 12.1. The maximum absolute atomic E-state index is 5.91. The van der Waals surface area contributed by atoms with Crippen molar-refractivity contribution in [2.75, 3.05) is 4.90 Å². The molecular formula is C29H30N4S. The smallest absolute Gasteiger partial charge is 0.174 e. The van der Waals surface area contributed by atoms with Gasteiger partial charge < -0.3 is 14.8 Å². The van der Waals surface area contributed by atoms with Crippen LogP contribution in [-0.2, 0) is 0 Å². The van der Waals surface area contributed by atoms with Crippen molar-refractivity contribution in [3.63, 3.8) is 0 Å². The predicted molar refractivity (Wildman–Crippen MR) is 144 cm³/mol. The van der Waals surface area contributed by atoms with E-state index in [2.05, 4.69) is 104 Å². The number of aromatic nitrogens is 2. The van der Waals surface area contributed by atoms with Gasteiger partial charge in [-0.1, -0.05) is 42.0 Å². The number of pyridine rings is 1. The highest BCUT2D eigenvalue weighted by atomic mass is 32.1. The maximum Gasteiger partial charge on any atom is 0.174 e. The standard InChI is InChI=1S/C29H30N4S/c1-18-12-14-23(15-13-18)33-28(26(31-29(33)34)25-11-6-7-16-30-25)24-17-21(4)32(22(24)5)27-19(2)9-8-10-20(27)3/h6-17,26,28H,1-5H3,(H,31,34)/t26-,28-/m0/s1. The highest BCUT2D eigenvalue weighted by Gasteiger charge is 2.42. The summed E-state index contributed by atoms with van der Waals surface area (Å²) in [6.07, 6.45) is 1.85. The Morgan fingerprint density at radius 2 is 1.56 bits per heavy atom. The predicted octanol–water partition coefficient (Wildman–Crippen LogP) is 6.59. The molecular weight excluding hydrogens is 436 g/mol. The second-order valence-electron chi connectivity index (χ2n) is 9.23. The molecule has 172 valence electrons. The van der Waals surface area contributed by atoms with Crippen LogP contribution in [-0.4, -0.2) is 14.7 Å². The molecule has 0 saturated carbocycles. The first-order chi connectivity index (χ1) is 16.4. The van der Waals surface area contributed by atoms with E-state index in [1.165, 1.54) is 39.3 Å². The van der Waals surface area contributed by atoms with Gasteiger partial charge in [-0.25, -0.2) is 0 Å². The van der Waals surface area contributed by atoms with Crippen LogP contribution in [0.15, 0.2) is 72.9 Å². The summed E-state index contributed by atoms with van der Waals surface area (Å²) >= 11 is 5.91. The zero-order valence-electron chi connectivity index (χ0n) is 20.3. The summed E-state index contributed by atoms with van der Waals surface area (Å²) in [5.74, 6) is 0. The summed E-state index contributed by atoms with van der Waals surface area (Å²) in [5.41, 5.74) is 10.8. The number of anilines is 1. The molecule has 0 spiro atoms. The molecule has 4 nitrogen and oxygen atoms in total. The number of hydrogen-bond donors (Lipinski definition) is 1. The second kappa shape index (κ2) is 8.73. The highest BCUT2D eigenvalue weighted by molar-refractivity contribution is 7.80. The quantitative estimate of drug-likeness (QED) is 0.344. The van der Waals surface area contributed by atoms with E-state index in [4.69, 9.17) is 17.2 Å². The van der Waals surface area contributed by atoms with Gasteiger partial charge in [-0.3, -0.25) is 4.98 Å². The molecule has 0 bridgehead atoms. The number of hydrogen-bond acceptors (Lipinski definition) is 2. The molecule has 1 aliphatic heterocycles. The average molecular weight is 467 g/mol. The molecule has 4 aromatic rings. The minimum atomic E-state index is -0.0538. The third-order valence-corrected chi connectivity index (χ3v) is 7.18. The van der Waals surface area contributed by atoms with E-state index in [0.29, 0.717) is 0 Å². The van der Waals surface area contributed by atoms with Crippen LogP contribution < -0.4 is 10.2 Å². The normalized spacial score (nSPS) is 17.8. The second-order valence-corrected chi connectivity index (χ2v) is 9.62. The number of nitrogens with one attached hydrogen (secondary N) is 1. The zero-order chi connectivity index (χ0) is 24.0. The van der Waals surface area contributed by atoms with Crippen molar-refractivity contribution in [2.45, 2.75) is 46.7 Å². The number of aryl methyl sites for hydroxylation is 4. The Balaban J connectivity index is 1.71. The minimum absolute atomic E-state index is 0.0191. The van der Waals surface area contributed by atoms with Gasteiger partial charge in [-0.05, 0) is 93.9 Å². The minimum Gasteiger partial charge on any atom is -0.351 e. The van der Waals surface area contributed by atoms with E-state index < -0.39 is 0 Å². The largest absolute Gasteiger partial charge is 0.351 e. The molecule has 1 saturated heterocycles. The third kappa shape index (κ3) is 3.70. The van der Waals surface area contributed by atoms with E-state index in [1.54, 1.807) is 0 Å². The summed E-state index contributed by atoms with van der Waals surface area (Å²) in [4.78, 5) is 6.96. The number of nitrogens with zero attached hydrogens (tertiary/aromatic N) is 3. The molecule has 0 aliphatic carbocycles. The Morgan fingerprint density at radius 1 is 0.853 bits per heavy atom. The van der Waals surface area contributed by atoms with Gasteiger partial charge in [-0.15, -0.1) is 0 Å². The van der Waals surface area contributed by atoms with Crippen LogP contribution in [0.4, 0.5) is 5.69 Å². The maximum atomic E-state index is 5.91. The summed E-state index contributed by atoms with van der Waals surface area (Å²) in [5, 5.41) is 4.31. The van der Waals surface area contributed by atoms with Crippen molar-refractivity contribution in [1.29, 1.82) is 0 Å². The average Bonchev–Trinajstić information content (AvgIpc) is 3.31. The molecule has 0 unspecified atom stereocenters. The van der Waals surface area contributed by atoms with Gasteiger partial charge in [0.1, 0.15) is 0 Å². The van der Waals surface area contributed by atoms with Crippen molar-refractivity contribution >= 4 is 23.0 Å². The third-order valence-electron chi connectivity index (χ3n) is 6.86. The van der Waals surface area contributed by atoms with Crippen molar-refractivity contribution in [3.05, 3.63) is 112 Å². The topological polar surface area (TPSA) is 33.1 Å². The molecule has 2 atom stereocenters. The van der Waals surface area contributed by atoms with Crippen molar-refractivity contribution in [3.8, 4) is 5.69 Å². The molecule has 5 heteroatoms. The van der Waals surface area contributed by atoms with Crippen LogP contribution in [0.3, 0.4) is 0 Å². The van der Waals surface area contributed by atoms with Gasteiger partial charge in [0.2, 0.25) is 0 Å². The summed E-state index contributed by atoms with van der Waals surface area (Å²) < 4.78 is 2.39. The van der Waals surface area contributed by atoms with Crippen LogP contribution in [0.1, 0.15) is 51.4 Å². The monoisotopic (exact) mass is 466 g/mol. The van der Waals surface area contributed by atoms with Crippen LogP contribution >= 0.6 is 12.2 Å². The molecule has 0 amide bonds. The Hall–Kier alpha value is -3.44. The summed E-state index contributed by atoms with van der Waals surface area (Å²) in [6, 6.07) is 23.4. The number of para-hydroxylation sites is 1. The van der Waals surface area contributed by atoms with Crippen LogP contribution in [0.25, 0.3) is 5.69 Å². The van der Waals surface area contributed by atoms with Crippen molar-refractivity contribution in [2.24, 2.45) is 0 Å². The summed E-state index contributed by atoms with van der Waals surface area (Å²) in [7, 11) is 0. The Kier molecular flexibility index (Phi) is 5.74. The molecule has 1 N–H and O–H groups in total. The Morgan fingerprint density at radius 3 is 2.21 bits per heavy atom. The van der Waals surface area contributed by atoms with Gasteiger partial charge in [0.05, 0.1) is 23.5 Å². The molecule has 2 aromatic heterocycles. The molecule has 2 aromatic carbocycles. The van der Waals surface area contributed by atoms with Gasteiger partial charge in [0.15, 0.2) is 5.11 Å². The van der Waals surface area contributed by atoms with Crippen molar-refractivity contribution in [1.82, 2.24) is 14.9 Å². The fourth-order valence-electron chi connectivity index (χ4n) is 5.24. The Bertz CT molecular complexity index is 1330. The molecule has 0 radical (unpaired) electrons.